The minimum absolute atomic E-state index is 0.310. The zero-order valence-electron chi connectivity index (χ0n) is 9.27. The van der Waals surface area contributed by atoms with Gasteiger partial charge in [0, 0.05) is 23.7 Å². The van der Waals surface area contributed by atoms with E-state index in [1.54, 1.807) is 0 Å². The topological polar surface area (TPSA) is 91.3 Å². The van der Waals surface area contributed by atoms with E-state index in [4.69, 9.17) is 5.11 Å². The molecule has 1 rings (SSSR count). The first-order valence-corrected chi connectivity index (χ1v) is 5.85. The molecule has 7 heteroatoms. The minimum atomic E-state index is -1.02. The van der Waals surface area contributed by atoms with Gasteiger partial charge in [0.1, 0.15) is 0 Å². The van der Waals surface area contributed by atoms with Gasteiger partial charge < -0.3 is 10.4 Å². The number of nitrogens with one attached hydrogen (secondary N) is 2. The van der Waals surface area contributed by atoms with Gasteiger partial charge in [-0.1, -0.05) is 18.3 Å². The summed E-state index contributed by atoms with van der Waals surface area (Å²) < 4.78 is 0. The molecule has 0 radical (unpaired) electrons. The van der Waals surface area contributed by atoms with Crippen LogP contribution in [0.1, 0.15) is 18.2 Å². The smallest absolute Gasteiger partial charge is 0.328 e. The molecule has 0 fully saturated rings. The van der Waals surface area contributed by atoms with Gasteiger partial charge in [-0.05, 0) is 12.5 Å². The van der Waals surface area contributed by atoms with Crippen molar-refractivity contribution in [3.63, 3.8) is 0 Å². The van der Waals surface area contributed by atoms with Crippen LogP contribution in [0.15, 0.2) is 12.3 Å². The Kier molecular flexibility index (Phi) is 5.15. The van der Waals surface area contributed by atoms with Crippen LogP contribution in [0.4, 0.5) is 9.93 Å². The Morgan fingerprint density at radius 2 is 2.35 bits per heavy atom. The number of aromatic nitrogens is 1. The summed E-state index contributed by atoms with van der Waals surface area (Å²) in [6.45, 7) is 2.56. The lowest BCUT2D eigenvalue weighted by Crippen LogP contribution is -2.29. The first kappa shape index (κ1) is 13.2. The van der Waals surface area contributed by atoms with Gasteiger partial charge in [-0.3, -0.25) is 5.32 Å². The number of thiazole rings is 1. The maximum atomic E-state index is 11.3. The van der Waals surface area contributed by atoms with E-state index < -0.39 is 5.97 Å². The van der Waals surface area contributed by atoms with Crippen molar-refractivity contribution < 1.29 is 14.7 Å². The molecule has 6 nitrogen and oxygen atoms in total. The van der Waals surface area contributed by atoms with Gasteiger partial charge >= 0.3 is 12.0 Å². The Balaban J connectivity index is 2.51. The molecule has 92 valence electrons. The summed E-state index contributed by atoms with van der Waals surface area (Å²) in [4.78, 5) is 26.2. The van der Waals surface area contributed by atoms with E-state index in [-0.39, 0.29) is 6.03 Å². The highest BCUT2D eigenvalue weighted by molar-refractivity contribution is 7.16. The lowest BCUT2D eigenvalue weighted by Gasteiger charge is -2.02. The summed E-state index contributed by atoms with van der Waals surface area (Å²) in [5.74, 6) is -1.02. The van der Waals surface area contributed by atoms with Gasteiger partial charge in [0.05, 0.1) is 0 Å². The lowest BCUT2D eigenvalue weighted by molar-refractivity contribution is -0.131. The maximum absolute atomic E-state index is 11.3. The van der Waals surface area contributed by atoms with Crippen molar-refractivity contribution in [3.8, 4) is 0 Å². The average Bonchev–Trinajstić information content (AvgIpc) is 2.71. The third kappa shape index (κ3) is 5.12. The fraction of sp³-hybridized carbons (Fsp3) is 0.300. The number of carbonyl (C=O) groups is 2. The van der Waals surface area contributed by atoms with Crippen LogP contribution in [0.3, 0.4) is 0 Å². The summed E-state index contributed by atoms with van der Waals surface area (Å²) in [6.07, 6.45) is 4.81. The molecule has 0 atom stereocenters. The number of hydrogen-bond acceptors (Lipinski definition) is 4. The van der Waals surface area contributed by atoms with Crippen LogP contribution in [0.5, 0.6) is 0 Å². The third-order valence-corrected chi connectivity index (χ3v) is 2.55. The molecule has 0 saturated heterocycles. The van der Waals surface area contributed by atoms with E-state index in [0.29, 0.717) is 16.6 Å². The quantitative estimate of drug-likeness (QED) is 0.699. The highest BCUT2D eigenvalue weighted by Gasteiger charge is 2.04. The molecule has 0 aliphatic rings. The first-order chi connectivity index (χ1) is 8.11. The standard InChI is InChI=1S/C10H13N3O3S/c1-2-5-11-9(16)13-10-12-6-7(17-10)3-4-8(14)15/h3-4,6H,2,5H2,1H3,(H,14,15)(H2,11,12,13,16)/b4-3+. The van der Waals surface area contributed by atoms with Gasteiger partial charge in [-0.25, -0.2) is 14.6 Å². The van der Waals surface area contributed by atoms with Crippen molar-refractivity contribution in [1.82, 2.24) is 10.3 Å². The SMILES string of the molecule is CCCNC(=O)Nc1ncc(/C=C/C(=O)O)s1. The van der Waals surface area contributed by atoms with E-state index in [1.165, 1.54) is 23.6 Å². The van der Waals surface area contributed by atoms with E-state index in [2.05, 4.69) is 15.6 Å². The van der Waals surface area contributed by atoms with Crippen molar-refractivity contribution >= 4 is 34.5 Å². The zero-order chi connectivity index (χ0) is 12.7. The number of carbonyl (C=O) groups excluding carboxylic acids is 1. The van der Waals surface area contributed by atoms with Crippen LogP contribution in [-0.2, 0) is 4.79 Å². The van der Waals surface area contributed by atoms with Crippen LogP contribution < -0.4 is 10.6 Å². The molecule has 0 bridgehead atoms. The van der Waals surface area contributed by atoms with E-state index in [1.807, 2.05) is 6.92 Å². The molecule has 0 aliphatic carbocycles. The molecule has 0 unspecified atom stereocenters. The van der Waals surface area contributed by atoms with E-state index in [0.717, 1.165) is 12.5 Å². The van der Waals surface area contributed by atoms with Crippen LogP contribution in [0.2, 0.25) is 0 Å². The lowest BCUT2D eigenvalue weighted by atomic mass is 10.4. The van der Waals surface area contributed by atoms with Crippen molar-refractivity contribution in [2.45, 2.75) is 13.3 Å². The largest absolute Gasteiger partial charge is 0.478 e. The number of hydrogen-bond donors (Lipinski definition) is 3. The fourth-order valence-corrected chi connectivity index (χ4v) is 1.67. The van der Waals surface area contributed by atoms with Crippen molar-refractivity contribution in [1.29, 1.82) is 0 Å². The number of rotatable bonds is 5. The van der Waals surface area contributed by atoms with E-state index in [9.17, 15) is 9.59 Å². The Morgan fingerprint density at radius 1 is 1.59 bits per heavy atom. The van der Waals surface area contributed by atoms with Crippen molar-refractivity contribution in [2.75, 3.05) is 11.9 Å². The van der Waals surface area contributed by atoms with Gasteiger partial charge in [0.25, 0.3) is 0 Å². The zero-order valence-corrected chi connectivity index (χ0v) is 10.1. The predicted octanol–water partition coefficient (Wildman–Crippen LogP) is 1.77. The molecule has 1 aromatic heterocycles. The predicted molar refractivity (Wildman–Crippen MR) is 66.1 cm³/mol. The molecule has 2 amide bonds. The van der Waals surface area contributed by atoms with Crippen LogP contribution >= 0.6 is 11.3 Å². The summed E-state index contributed by atoms with van der Waals surface area (Å²) in [5, 5.41) is 14.1. The van der Waals surface area contributed by atoms with E-state index >= 15 is 0 Å². The van der Waals surface area contributed by atoms with Gasteiger partial charge in [0.15, 0.2) is 5.13 Å². The number of carboxylic acids is 1. The number of urea groups is 1. The highest BCUT2D eigenvalue weighted by Crippen LogP contribution is 2.18. The third-order valence-electron chi connectivity index (χ3n) is 1.67. The van der Waals surface area contributed by atoms with Crippen LogP contribution in [0.25, 0.3) is 6.08 Å². The Bertz CT molecular complexity index is 428. The average molecular weight is 255 g/mol. The number of nitrogens with zero attached hydrogens (tertiary/aromatic N) is 1. The molecule has 0 spiro atoms. The molecular formula is C10H13N3O3S. The summed E-state index contributed by atoms with van der Waals surface area (Å²) in [6, 6.07) is -0.310. The fourth-order valence-electron chi connectivity index (χ4n) is 0.955. The number of carboxylic acid groups (broad SMARTS) is 1. The first-order valence-electron chi connectivity index (χ1n) is 5.03. The second-order valence-corrected chi connectivity index (χ2v) is 4.18. The summed E-state index contributed by atoms with van der Waals surface area (Å²) in [7, 11) is 0. The maximum Gasteiger partial charge on any atom is 0.328 e. The molecule has 0 aliphatic heterocycles. The summed E-state index contributed by atoms with van der Waals surface area (Å²) in [5.41, 5.74) is 0. The second kappa shape index (κ2) is 6.64. The molecule has 1 aromatic rings. The van der Waals surface area contributed by atoms with Crippen molar-refractivity contribution in [3.05, 3.63) is 17.2 Å². The monoisotopic (exact) mass is 255 g/mol. The number of anilines is 1. The van der Waals surface area contributed by atoms with Crippen molar-refractivity contribution in [2.24, 2.45) is 0 Å². The van der Waals surface area contributed by atoms with Gasteiger partial charge in [0.2, 0.25) is 0 Å². The minimum Gasteiger partial charge on any atom is -0.478 e. The highest BCUT2D eigenvalue weighted by atomic mass is 32.1. The Morgan fingerprint density at radius 3 is 3.00 bits per heavy atom. The normalized spacial score (nSPS) is 10.4. The molecule has 0 aromatic carbocycles. The number of aliphatic carboxylic acids is 1. The summed E-state index contributed by atoms with van der Waals surface area (Å²) >= 11 is 1.20. The van der Waals surface area contributed by atoms with Gasteiger partial charge in [-0.2, -0.15) is 0 Å². The Hall–Kier alpha value is -1.89. The van der Waals surface area contributed by atoms with Gasteiger partial charge in [-0.15, -0.1) is 0 Å². The van der Waals surface area contributed by atoms with Crippen LogP contribution in [0, 0.1) is 0 Å². The molecule has 17 heavy (non-hydrogen) atoms. The Labute approximate surface area is 102 Å². The molecule has 3 N–H and O–H groups in total. The molecule has 0 saturated carbocycles. The molecular weight excluding hydrogens is 242 g/mol. The van der Waals surface area contributed by atoms with Crippen LogP contribution in [-0.4, -0.2) is 28.6 Å². The number of amides is 2. The second-order valence-electron chi connectivity index (χ2n) is 3.12. The molecule has 1 heterocycles.